The standard InChI is InChI=1S/C22H27ClN2O2S/c1-17(24-21(26)16-28-15-18-7-9-20(23)10-8-18)22(19-5-3-2-4-6-19)25-11-13-27-14-12-25/h2-10,17,22H,11-16H2,1H3,(H,24,26)/t17-,22+/m0/s1. The van der Waals surface area contributed by atoms with E-state index in [0.717, 1.165) is 37.1 Å². The lowest BCUT2D eigenvalue weighted by Gasteiger charge is -2.38. The summed E-state index contributed by atoms with van der Waals surface area (Å²) in [6.07, 6.45) is 0. The van der Waals surface area contributed by atoms with Gasteiger partial charge in [0.2, 0.25) is 5.91 Å². The van der Waals surface area contributed by atoms with Gasteiger partial charge in [-0.3, -0.25) is 9.69 Å². The molecule has 1 aliphatic rings. The number of carbonyl (C=O) groups excluding carboxylic acids is 1. The van der Waals surface area contributed by atoms with Crippen molar-refractivity contribution < 1.29 is 9.53 Å². The number of carbonyl (C=O) groups is 1. The molecule has 2 aromatic rings. The molecule has 1 heterocycles. The third kappa shape index (κ3) is 6.24. The lowest BCUT2D eigenvalue weighted by atomic mass is 9.98. The first-order chi connectivity index (χ1) is 13.6. The summed E-state index contributed by atoms with van der Waals surface area (Å²) in [5.41, 5.74) is 2.40. The Balaban J connectivity index is 1.55. The van der Waals surface area contributed by atoms with Gasteiger partial charge in [-0.05, 0) is 30.2 Å². The smallest absolute Gasteiger partial charge is 0.230 e. The SMILES string of the molecule is C[C@H](NC(=O)CSCc1ccc(Cl)cc1)[C@H](c1ccccc1)N1CCOCC1. The summed E-state index contributed by atoms with van der Waals surface area (Å²) >= 11 is 7.53. The summed E-state index contributed by atoms with van der Waals surface area (Å²) in [6, 6.07) is 18.3. The van der Waals surface area contributed by atoms with Crippen molar-refractivity contribution >= 4 is 29.3 Å². The van der Waals surface area contributed by atoms with Gasteiger partial charge in [-0.25, -0.2) is 0 Å². The van der Waals surface area contributed by atoms with Gasteiger partial charge in [0.15, 0.2) is 0 Å². The molecule has 1 N–H and O–H groups in total. The second kappa shape index (κ2) is 10.9. The van der Waals surface area contributed by atoms with E-state index in [1.807, 2.05) is 30.3 Å². The van der Waals surface area contributed by atoms with Crippen molar-refractivity contribution in [1.29, 1.82) is 0 Å². The Kier molecular flexibility index (Phi) is 8.22. The first kappa shape index (κ1) is 21.2. The molecule has 2 atom stereocenters. The minimum atomic E-state index is 0.0177. The third-order valence-electron chi connectivity index (χ3n) is 4.86. The lowest BCUT2D eigenvalue weighted by molar-refractivity contribution is -0.119. The van der Waals surface area contributed by atoms with Crippen LogP contribution in [0.15, 0.2) is 54.6 Å². The molecule has 28 heavy (non-hydrogen) atoms. The molecule has 1 fully saturated rings. The van der Waals surface area contributed by atoms with Gasteiger partial charge in [-0.2, -0.15) is 0 Å². The molecule has 0 aliphatic carbocycles. The number of hydrogen-bond acceptors (Lipinski definition) is 4. The van der Waals surface area contributed by atoms with Crippen molar-refractivity contribution in [2.45, 2.75) is 24.8 Å². The fourth-order valence-electron chi connectivity index (χ4n) is 3.54. The topological polar surface area (TPSA) is 41.6 Å². The number of hydrogen-bond donors (Lipinski definition) is 1. The third-order valence-corrected chi connectivity index (χ3v) is 6.11. The maximum atomic E-state index is 12.5. The van der Waals surface area contributed by atoms with Crippen LogP contribution in [0.5, 0.6) is 0 Å². The van der Waals surface area contributed by atoms with Crippen LogP contribution in [0.25, 0.3) is 0 Å². The lowest BCUT2D eigenvalue weighted by Crippen LogP contribution is -2.48. The number of thioether (sulfide) groups is 1. The van der Waals surface area contributed by atoms with Crippen LogP contribution >= 0.6 is 23.4 Å². The highest BCUT2D eigenvalue weighted by Gasteiger charge is 2.28. The summed E-state index contributed by atoms with van der Waals surface area (Å²) in [4.78, 5) is 14.9. The zero-order valence-corrected chi connectivity index (χ0v) is 17.7. The second-order valence-electron chi connectivity index (χ2n) is 6.98. The molecule has 0 saturated carbocycles. The highest BCUT2D eigenvalue weighted by molar-refractivity contribution is 7.99. The predicted octanol–water partition coefficient (Wildman–Crippen LogP) is 4.15. The molecule has 1 amide bonds. The summed E-state index contributed by atoms with van der Waals surface area (Å²) in [6.45, 7) is 5.33. The van der Waals surface area contributed by atoms with Crippen LogP contribution in [0.3, 0.4) is 0 Å². The van der Waals surface area contributed by atoms with Crippen LogP contribution in [0, 0.1) is 0 Å². The van der Waals surface area contributed by atoms with E-state index >= 15 is 0 Å². The summed E-state index contributed by atoms with van der Waals surface area (Å²) in [5.74, 6) is 1.31. The Labute approximate surface area is 176 Å². The van der Waals surface area contributed by atoms with Crippen LogP contribution in [0.4, 0.5) is 0 Å². The quantitative estimate of drug-likeness (QED) is 0.699. The molecule has 3 rings (SSSR count). The molecule has 0 bridgehead atoms. The first-order valence-electron chi connectivity index (χ1n) is 9.62. The monoisotopic (exact) mass is 418 g/mol. The van der Waals surface area contributed by atoms with Crippen LogP contribution < -0.4 is 5.32 Å². The molecule has 4 nitrogen and oxygen atoms in total. The summed E-state index contributed by atoms with van der Waals surface area (Å²) in [7, 11) is 0. The molecule has 0 unspecified atom stereocenters. The fourth-order valence-corrected chi connectivity index (χ4v) is 4.46. The Morgan fingerprint density at radius 3 is 2.50 bits per heavy atom. The van der Waals surface area contributed by atoms with E-state index in [1.54, 1.807) is 11.8 Å². The van der Waals surface area contributed by atoms with E-state index in [-0.39, 0.29) is 18.0 Å². The van der Waals surface area contributed by atoms with Gasteiger partial charge in [0.05, 0.1) is 25.0 Å². The van der Waals surface area contributed by atoms with Crippen molar-refractivity contribution in [2.24, 2.45) is 0 Å². The highest BCUT2D eigenvalue weighted by Crippen LogP contribution is 2.25. The van der Waals surface area contributed by atoms with Gasteiger partial charge in [0, 0.05) is 29.9 Å². The average molecular weight is 419 g/mol. The van der Waals surface area contributed by atoms with Crippen LogP contribution in [-0.2, 0) is 15.3 Å². The van der Waals surface area contributed by atoms with E-state index in [9.17, 15) is 4.79 Å². The minimum absolute atomic E-state index is 0.0177. The van der Waals surface area contributed by atoms with Gasteiger partial charge < -0.3 is 10.1 Å². The summed E-state index contributed by atoms with van der Waals surface area (Å²) in [5, 5.41) is 3.94. The Morgan fingerprint density at radius 2 is 1.82 bits per heavy atom. The van der Waals surface area contributed by atoms with Crippen LogP contribution in [0.2, 0.25) is 5.02 Å². The number of halogens is 1. The molecule has 0 radical (unpaired) electrons. The second-order valence-corrected chi connectivity index (χ2v) is 8.40. The Morgan fingerprint density at radius 1 is 1.14 bits per heavy atom. The normalized spacial score (nSPS) is 17.1. The largest absolute Gasteiger partial charge is 0.379 e. The molecule has 2 aromatic carbocycles. The molecule has 150 valence electrons. The van der Waals surface area contributed by atoms with Gasteiger partial charge >= 0.3 is 0 Å². The maximum absolute atomic E-state index is 12.5. The number of rotatable bonds is 8. The number of amides is 1. The van der Waals surface area contributed by atoms with E-state index in [2.05, 4.69) is 41.4 Å². The van der Waals surface area contributed by atoms with Crippen molar-refractivity contribution in [3.05, 3.63) is 70.7 Å². The van der Waals surface area contributed by atoms with E-state index in [4.69, 9.17) is 16.3 Å². The first-order valence-corrected chi connectivity index (χ1v) is 11.1. The van der Waals surface area contributed by atoms with Crippen molar-refractivity contribution in [3.8, 4) is 0 Å². The Bertz CT molecular complexity index is 736. The van der Waals surface area contributed by atoms with Crippen molar-refractivity contribution in [3.63, 3.8) is 0 Å². The maximum Gasteiger partial charge on any atom is 0.230 e. The minimum Gasteiger partial charge on any atom is -0.379 e. The van der Waals surface area contributed by atoms with Gasteiger partial charge in [0.1, 0.15) is 0 Å². The van der Waals surface area contributed by atoms with Crippen LogP contribution in [-0.4, -0.2) is 48.9 Å². The molecule has 0 spiro atoms. The molecular weight excluding hydrogens is 392 g/mol. The van der Waals surface area contributed by atoms with E-state index < -0.39 is 0 Å². The number of morpholine rings is 1. The molecule has 1 aliphatic heterocycles. The molecule has 6 heteroatoms. The number of nitrogens with zero attached hydrogens (tertiary/aromatic N) is 1. The molecule has 0 aromatic heterocycles. The van der Waals surface area contributed by atoms with Gasteiger partial charge in [0.25, 0.3) is 0 Å². The van der Waals surface area contributed by atoms with E-state index in [0.29, 0.717) is 5.75 Å². The average Bonchev–Trinajstić information content (AvgIpc) is 2.71. The zero-order valence-electron chi connectivity index (χ0n) is 16.1. The number of benzene rings is 2. The predicted molar refractivity (Wildman–Crippen MR) is 117 cm³/mol. The van der Waals surface area contributed by atoms with Gasteiger partial charge in [-0.1, -0.05) is 54.1 Å². The zero-order chi connectivity index (χ0) is 19.8. The number of nitrogens with one attached hydrogen (secondary N) is 1. The fraction of sp³-hybridized carbons (Fsp3) is 0.409. The van der Waals surface area contributed by atoms with E-state index in [1.165, 1.54) is 11.1 Å². The molecule has 1 saturated heterocycles. The van der Waals surface area contributed by atoms with Crippen molar-refractivity contribution in [2.75, 3.05) is 32.1 Å². The van der Waals surface area contributed by atoms with Crippen LogP contribution in [0.1, 0.15) is 24.1 Å². The highest BCUT2D eigenvalue weighted by atomic mass is 35.5. The van der Waals surface area contributed by atoms with Gasteiger partial charge in [-0.15, -0.1) is 11.8 Å². The number of ether oxygens (including phenoxy) is 1. The summed E-state index contributed by atoms with van der Waals surface area (Å²) < 4.78 is 5.51. The Hall–Kier alpha value is -1.53. The van der Waals surface area contributed by atoms with Crippen molar-refractivity contribution in [1.82, 2.24) is 10.2 Å². The molecular formula is C22H27ClN2O2S.